The number of rotatable bonds is 6. The highest BCUT2D eigenvalue weighted by Crippen LogP contribution is 2.62. The number of quaternary nitrogens is 1. The van der Waals surface area contributed by atoms with Crippen LogP contribution in [0.5, 0.6) is 0 Å². The zero-order valence-corrected chi connectivity index (χ0v) is 28.6. The molecule has 1 unspecified atom stereocenters. The van der Waals surface area contributed by atoms with Gasteiger partial charge in [-0.15, -0.1) is 0 Å². The van der Waals surface area contributed by atoms with E-state index in [4.69, 9.17) is 0 Å². The maximum atomic E-state index is 3.63. The Kier molecular flexibility index (Phi) is 7.09. The van der Waals surface area contributed by atoms with Gasteiger partial charge in [-0.25, -0.2) is 0 Å². The molecule has 10 rings (SSSR count). The van der Waals surface area contributed by atoms with Crippen molar-refractivity contribution in [3.8, 4) is 33.4 Å². The van der Waals surface area contributed by atoms with E-state index in [9.17, 15) is 0 Å². The lowest BCUT2D eigenvalue weighted by molar-refractivity contribution is 0.721. The first kappa shape index (κ1) is 30.1. The van der Waals surface area contributed by atoms with Crippen LogP contribution in [0.15, 0.2) is 206 Å². The standard InChI is InChI=1S/C50H35N2/c1-4-16-35(17-5-1)49-42-23-10-12-25-44(42)50(45-26-13-11-24-43(45)49)36-28-31-40(32-29-36)52(39-20-8-3-9-21-39)47-27-15-14-22-41(47)46-34-38(30-33-48(46)52)51-37-18-6-2-7-19-37/h1-34,51H/q+1. The first-order valence-corrected chi connectivity index (χ1v) is 17.9. The summed E-state index contributed by atoms with van der Waals surface area (Å²) < 4.78 is 0.507. The van der Waals surface area contributed by atoms with E-state index in [1.165, 1.54) is 77.7 Å². The molecule has 0 aliphatic carbocycles. The number of nitrogens with one attached hydrogen (secondary N) is 1. The van der Waals surface area contributed by atoms with E-state index < -0.39 is 0 Å². The molecular weight excluding hydrogens is 629 g/mol. The van der Waals surface area contributed by atoms with E-state index in [-0.39, 0.29) is 0 Å². The van der Waals surface area contributed by atoms with Gasteiger partial charge >= 0.3 is 0 Å². The molecule has 1 atom stereocenters. The summed E-state index contributed by atoms with van der Waals surface area (Å²) in [6, 6.07) is 75.0. The molecule has 9 aromatic rings. The minimum Gasteiger partial charge on any atom is -0.356 e. The topological polar surface area (TPSA) is 12.0 Å². The third-order valence-corrected chi connectivity index (χ3v) is 10.7. The first-order chi connectivity index (χ1) is 25.8. The predicted molar refractivity (Wildman–Crippen MR) is 221 cm³/mol. The number of benzene rings is 9. The van der Waals surface area contributed by atoms with Crippen LogP contribution in [-0.2, 0) is 0 Å². The quantitative estimate of drug-likeness (QED) is 0.138. The zero-order valence-electron chi connectivity index (χ0n) is 28.6. The summed E-state index contributed by atoms with van der Waals surface area (Å²) in [6.45, 7) is 0. The van der Waals surface area contributed by atoms with E-state index >= 15 is 0 Å². The average Bonchev–Trinajstić information content (AvgIpc) is 3.51. The summed E-state index contributed by atoms with van der Waals surface area (Å²) in [7, 11) is 0. The first-order valence-electron chi connectivity index (χ1n) is 17.9. The Morgan fingerprint density at radius 2 is 0.769 bits per heavy atom. The monoisotopic (exact) mass is 663 g/mol. The Balaban J connectivity index is 1.18. The Labute approximate surface area is 304 Å². The Hall–Kier alpha value is -6.74. The highest BCUT2D eigenvalue weighted by atomic mass is 15.4. The molecule has 2 heteroatoms. The van der Waals surface area contributed by atoms with E-state index in [1.54, 1.807) is 0 Å². The van der Waals surface area contributed by atoms with Crippen molar-refractivity contribution in [3.05, 3.63) is 206 Å². The molecule has 0 spiro atoms. The number of anilines is 2. The lowest BCUT2D eigenvalue weighted by Crippen LogP contribution is -2.31. The Morgan fingerprint density at radius 1 is 0.308 bits per heavy atom. The van der Waals surface area contributed by atoms with Gasteiger partial charge in [-0.1, -0.05) is 127 Å². The minimum atomic E-state index is 0.507. The molecule has 0 aromatic heterocycles. The molecule has 0 bridgehead atoms. The van der Waals surface area contributed by atoms with Crippen molar-refractivity contribution in [1.29, 1.82) is 0 Å². The smallest absolute Gasteiger partial charge is 0.156 e. The summed E-state index contributed by atoms with van der Waals surface area (Å²) in [6.07, 6.45) is 0. The maximum Gasteiger partial charge on any atom is 0.156 e. The molecule has 52 heavy (non-hydrogen) atoms. The normalized spacial score (nSPS) is 14.6. The van der Waals surface area contributed by atoms with Gasteiger partial charge < -0.3 is 5.32 Å². The molecule has 0 fully saturated rings. The van der Waals surface area contributed by atoms with Gasteiger partial charge in [0.15, 0.2) is 11.4 Å². The van der Waals surface area contributed by atoms with Crippen molar-refractivity contribution in [1.82, 2.24) is 4.48 Å². The lowest BCUT2D eigenvalue weighted by atomic mass is 9.86. The van der Waals surface area contributed by atoms with Crippen LogP contribution in [0, 0.1) is 0 Å². The molecule has 9 aromatic carbocycles. The highest BCUT2D eigenvalue weighted by Gasteiger charge is 2.48. The molecule has 244 valence electrons. The van der Waals surface area contributed by atoms with Crippen LogP contribution in [-0.4, -0.2) is 0 Å². The highest BCUT2D eigenvalue weighted by molar-refractivity contribution is 6.21. The van der Waals surface area contributed by atoms with Gasteiger partial charge in [-0.2, -0.15) is 4.48 Å². The molecule has 1 N–H and O–H groups in total. The van der Waals surface area contributed by atoms with Crippen molar-refractivity contribution in [2.75, 3.05) is 5.32 Å². The number of fused-ring (bicyclic) bond motifs is 5. The fraction of sp³-hybridized carbons (Fsp3) is 0. The van der Waals surface area contributed by atoms with Crippen molar-refractivity contribution < 1.29 is 0 Å². The van der Waals surface area contributed by atoms with Crippen molar-refractivity contribution in [3.63, 3.8) is 0 Å². The van der Waals surface area contributed by atoms with Gasteiger partial charge in [-0.05, 0) is 86.3 Å². The summed E-state index contributed by atoms with van der Waals surface area (Å²) in [4.78, 5) is 0. The molecule has 1 aliphatic rings. The van der Waals surface area contributed by atoms with Crippen LogP contribution in [0.3, 0.4) is 0 Å². The third-order valence-electron chi connectivity index (χ3n) is 10.7. The van der Waals surface area contributed by atoms with Gasteiger partial charge in [0.1, 0.15) is 11.4 Å². The molecular formula is C50H35N2+. The summed E-state index contributed by atoms with van der Waals surface area (Å²) >= 11 is 0. The molecule has 0 radical (unpaired) electrons. The van der Waals surface area contributed by atoms with Gasteiger partial charge in [0.25, 0.3) is 0 Å². The second-order valence-electron chi connectivity index (χ2n) is 13.5. The van der Waals surface area contributed by atoms with Gasteiger partial charge in [0.05, 0.1) is 11.1 Å². The molecule has 1 aliphatic heterocycles. The van der Waals surface area contributed by atoms with Crippen LogP contribution in [0.4, 0.5) is 34.1 Å². The zero-order chi connectivity index (χ0) is 34.5. The fourth-order valence-electron chi connectivity index (χ4n) is 8.50. The van der Waals surface area contributed by atoms with E-state index in [0.29, 0.717) is 4.48 Å². The van der Waals surface area contributed by atoms with Gasteiger partial charge in [0, 0.05) is 47.8 Å². The Morgan fingerprint density at radius 3 is 1.38 bits per heavy atom. The summed E-state index contributed by atoms with van der Waals surface area (Å²) in [5, 5.41) is 8.68. The summed E-state index contributed by atoms with van der Waals surface area (Å²) in [5.74, 6) is 0. The number of hydrogen-bond donors (Lipinski definition) is 1. The van der Waals surface area contributed by atoms with Gasteiger partial charge in [-0.3, -0.25) is 0 Å². The largest absolute Gasteiger partial charge is 0.356 e. The van der Waals surface area contributed by atoms with E-state index in [2.05, 4.69) is 206 Å². The average molecular weight is 664 g/mol. The summed E-state index contributed by atoms with van der Waals surface area (Å²) in [5.41, 5.74) is 14.5. The predicted octanol–water partition coefficient (Wildman–Crippen LogP) is 14.4. The van der Waals surface area contributed by atoms with Crippen LogP contribution in [0.25, 0.3) is 54.9 Å². The van der Waals surface area contributed by atoms with Crippen molar-refractivity contribution in [2.45, 2.75) is 0 Å². The Bertz CT molecular complexity index is 2680. The lowest BCUT2D eigenvalue weighted by Gasteiger charge is -2.34. The second-order valence-corrected chi connectivity index (χ2v) is 13.5. The fourth-order valence-corrected chi connectivity index (χ4v) is 8.50. The number of nitrogens with zero attached hydrogens (tertiary/aromatic N) is 1. The van der Waals surface area contributed by atoms with Crippen LogP contribution >= 0.6 is 0 Å². The van der Waals surface area contributed by atoms with Crippen LogP contribution in [0.2, 0.25) is 0 Å². The van der Waals surface area contributed by atoms with Crippen molar-refractivity contribution in [2.24, 2.45) is 0 Å². The minimum absolute atomic E-state index is 0.507. The van der Waals surface area contributed by atoms with Crippen LogP contribution < -0.4 is 9.80 Å². The third kappa shape index (κ3) is 4.62. The molecule has 2 nitrogen and oxygen atoms in total. The van der Waals surface area contributed by atoms with E-state index in [0.717, 1.165) is 11.4 Å². The number of hydrogen-bond acceptors (Lipinski definition) is 1. The van der Waals surface area contributed by atoms with Gasteiger partial charge in [0.2, 0.25) is 0 Å². The molecule has 1 heterocycles. The maximum absolute atomic E-state index is 3.63. The second kappa shape index (κ2) is 12.2. The molecule has 0 saturated carbocycles. The number of para-hydroxylation sites is 3. The van der Waals surface area contributed by atoms with Crippen LogP contribution in [0.1, 0.15) is 0 Å². The van der Waals surface area contributed by atoms with E-state index in [1.807, 2.05) is 6.07 Å². The SMILES string of the molecule is c1ccc(Nc2ccc3c(c2)-c2ccccc2[N+]3(c2ccccc2)c2ccc(-c3c4ccccc4c(-c4ccccc4)c4ccccc34)cc2)cc1. The molecule has 0 saturated heterocycles. The molecule has 0 amide bonds. The van der Waals surface area contributed by atoms with Crippen molar-refractivity contribution >= 4 is 55.7 Å².